The minimum Gasteiger partial charge on any atom is -0.376 e. The van der Waals surface area contributed by atoms with E-state index in [4.69, 9.17) is 16.3 Å². The van der Waals surface area contributed by atoms with Gasteiger partial charge in [0.15, 0.2) is 10.8 Å². The zero-order valence-electron chi connectivity index (χ0n) is 8.65. The molecule has 1 atom stereocenters. The first-order valence-electron chi connectivity index (χ1n) is 5.15. The van der Waals surface area contributed by atoms with E-state index in [2.05, 4.69) is 15.5 Å². The Balaban J connectivity index is 1.85. The Morgan fingerprint density at radius 3 is 3.06 bits per heavy atom. The summed E-state index contributed by atoms with van der Waals surface area (Å²) in [5.41, 5.74) is 0.266. The predicted molar refractivity (Wildman–Crippen MR) is 58.3 cm³/mol. The lowest BCUT2D eigenvalue weighted by molar-refractivity contribution is 0.0853. The van der Waals surface area contributed by atoms with Gasteiger partial charge in [-0.25, -0.2) is 0 Å². The average Bonchev–Trinajstić information content (AvgIpc) is 2.80. The van der Waals surface area contributed by atoms with Crippen LogP contribution in [-0.4, -0.2) is 35.4 Å². The molecule has 2 rings (SSSR count). The SMILES string of the molecule is O=C(NCC1CCCO1)c1ccc(Cl)nn1. The van der Waals surface area contributed by atoms with Crippen molar-refractivity contribution in [3.05, 3.63) is 23.0 Å². The van der Waals surface area contributed by atoms with Gasteiger partial charge in [-0.15, -0.1) is 10.2 Å². The molecule has 86 valence electrons. The first-order valence-corrected chi connectivity index (χ1v) is 5.52. The summed E-state index contributed by atoms with van der Waals surface area (Å²) in [6.07, 6.45) is 2.18. The van der Waals surface area contributed by atoms with Crippen molar-refractivity contribution in [2.45, 2.75) is 18.9 Å². The molecule has 6 heteroatoms. The molecule has 16 heavy (non-hydrogen) atoms. The molecule has 1 saturated heterocycles. The second-order valence-electron chi connectivity index (χ2n) is 3.59. The number of nitrogens with zero attached hydrogens (tertiary/aromatic N) is 2. The van der Waals surface area contributed by atoms with Gasteiger partial charge in [0.1, 0.15) is 0 Å². The molecule has 1 aliphatic heterocycles. The molecule has 1 aromatic heterocycles. The van der Waals surface area contributed by atoms with Crippen LogP contribution < -0.4 is 5.32 Å². The fraction of sp³-hybridized carbons (Fsp3) is 0.500. The Bertz CT molecular complexity index is 363. The van der Waals surface area contributed by atoms with E-state index in [9.17, 15) is 4.79 Å². The molecular formula is C10H12ClN3O2. The van der Waals surface area contributed by atoms with Gasteiger partial charge in [0.05, 0.1) is 6.10 Å². The molecule has 1 aromatic rings. The summed E-state index contributed by atoms with van der Waals surface area (Å²) in [5.74, 6) is -0.250. The number of hydrogen-bond acceptors (Lipinski definition) is 4. The Labute approximate surface area is 98.2 Å². The molecule has 0 radical (unpaired) electrons. The van der Waals surface area contributed by atoms with Crippen molar-refractivity contribution in [1.29, 1.82) is 0 Å². The molecule has 1 N–H and O–H groups in total. The standard InChI is InChI=1S/C10H12ClN3O2/c11-9-4-3-8(13-14-9)10(15)12-6-7-2-1-5-16-7/h3-4,7H,1-2,5-6H2,(H,12,15). The van der Waals surface area contributed by atoms with Crippen molar-refractivity contribution in [2.24, 2.45) is 0 Å². The average molecular weight is 242 g/mol. The molecule has 0 bridgehead atoms. The largest absolute Gasteiger partial charge is 0.376 e. The summed E-state index contributed by atoms with van der Waals surface area (Å²) in [6.45, 7) is 1.30. The molecule has 0 aromatic carbocycles. The molecule has 2 heterocycles. The van der Waals surface area contributed by atoms with Crippen molar-refractivity contribution in [3.8, 4) is 0 Å². The van der Waals surface area contributed by atoms with Crippen molar-refractivity contribution in [3.63, 3.8) is 0 Å². The van der Waals surface area contributed by atoms with Gasteiger partial charge in [0.25, 0.3) is 5.91 Å². The minimum absolute atomic E-state index is 0.129. The van der Waals surface area contributed by atoms with E-state index >= 15 is 0 Å². The van der Waals surface area contributed by atoms with Gasteiger partial charge in [0, 0.05) is 13.2 Å². The number of nitrogens with one attached hydrogen (secondary N) is 1. The smallest absolute Gasteiger partial charge is 0.271 e. The number of halogens is 1. The molecule has 0 aliphatic carbocycles. The van der Waals surface area contributed by atoms with Crippen LogP contribution in [0.1, 0.15) is 23.3 Å². The summed E-state index contributed by atoms with van der Waals surface area (Å²) in [6, 6.07) is 3.08. The van der Waals surface area contributed by atoms with Gasteiger partial charge in [-0.2, -0.15) is 0 Å². The van der Waals surface area contributed by atoms with Crippen LogP contribution in [0.2, 0.25) is 5.15 Å². The van der Waals surface area contributed by atoms with Crippen molar-refractivity contribution < 1.29 is 9.53 Å². The van der Waals surface area contributed by atoms with Crippen molar-refractivity contribution in [2.75, 3.05) is 13.2 Å². The van der Waals surface area contributed by atoms with E-state index in [1.165, 1.54) is 6.07 Å². The maximum atomic E-state index is 11.6. The molecule has 1 unspecified atom stereocenters. The molecular weight excluding hydrogens is 230 g/mol. The third-order valence-corrected chi connectivity index (χ3v) is 2.58. The lowest BCUT2D eigenvalue weighted by atomic mass is 10.2. The minimum atomic E-state index is -0.250. The van der Waals surface area contributed by atoms with Gasteiger partial charge in [-0.1, -0.05) is 11.6 Å². The molecule has 1 fully saturated rings. The summed E-state index contributed by atoms with van der Waals surface area (Å²) in [7, 11) is 0. The fourth-order valence-corrected chi connectivity index (χ4v) is 1.64. The Morgan fingerprint density at radius 2 is 2.44 bits per heavy atom. The first-order chi connectivity index (χ1) is 7.75. The third-order valence-electron chi connectivity index (χ3n) is 2.38. The normalized spacial score (nSPS) is 19.7. The van der Waals surface area contributed by atoms with Gasteiger partial charge < -0.3 is 10.1 Å². The van der Waals surface area contributed by atoms with Crippen molar-refractivity contribution >= 4 is 17.5 Å². The number of amides is 1. The molecule has 5 nitrogen and oxygen atoms in total. The number of hydrogen-bond donors (Lipinski definition) is 1. The Kier molecular flexibility index (Phi) is 3.69. The maximum Gasteiger partial charge on any atom is 0.271 e. The van der Waals surface area contributed by atoms with Gasteiger partial charge in [-0.3, -0.25) is 4.79 Å². The van der Waals surface area contributed by atoms with E-state index in [0.717, 1.165) is 19.4 Å². The maximum absolute atomic E-state index is 11.6. The zero-order chi connectivity index (χ0) is 11.4. The van der Waals surface area contributed by atoms with Crippen LogP contribution in [0.25, 0.3) is 0 Å². The molecule has 0 saturated carbocycles. The zero-order valence-corrected chi connectivity index (χ0v) is 9.41. The highest BCUT2D eigenvalue weighted by molar-refractivity contribution is 6.29. The summed E-state index contributed by atoms with van der Waals surface area (Å²) >= 11 is 5.57. The van der Waals surface area contributed by atoms with E-state index in [-0.39, 0.29) is 22.9 Å². The summed E-state index contributed by atoms with van der Waals surface area (Å²) in [5, 5.41) is 10.3. The Morgan fingerprint density at radius 1 is 1.56 bits per heavy atom. The summed E-state index contributed by atoms with van der Waals surface area (Å²) in [4.78, 5) is 11.6. The second-order valence-corrected chi connectivity index (χ2v) is 3.97. The fourth-order valence-electron chi connectivity index (χ4n) is 1.54. The number of aromatic nitrogens is 2. The lowest BCUT2D eigenvalue weighted by Crippen LogP contribution is -2.32. The highest BCUT2D eigenvalue weighted by atomic mass is 35.5. The first kappa shape index (κ1) is 11.3. The predicted octanol–water partition coefficient (Wildman–Crippen LogP) is 1.04. The number of rotatable bonds is 3. The van der Waals surface area contributed by atoms with Crippen LogP contribution >= 0.6 is 11.6 Å². The van der Waals surface area contributed by atoms with E-state index in [0.29, 0.717) is 6.54 Å². The number of ether oxygens (including phenoxy) is 1. The Hall–Kier alpha value is -1.20. The highest BCUT2D eigenvalue weighted by Gasteiger charge is 2.17. The molecule has 1 amide bonds. The monoisotopic (exact) mass is 241 g/mol. The van der Waals surface area contributed by atoms with E-state index in [1.54, 1.807) is 6.07 Å². The number of carbonyl (C=O) groups is 1. The van der Waals surface area contributed by atoms with Crippen LogP contribution in [0.15, 0.2) is 12.1 Å². The quantitative estimate of drug-likeness (QED) is 0.859. The second kappa shape index (κ2) is 5.23. The van der Waals surface area contributed by atoms with Gasteiger partial charge >= 0.3 is 0 Å². The lowest BCUT2D eigenvalue weighted by Gasteiger charge is -2.09. The van der Waals surface area contributed by atoms with E-state index in [1.807, 2.05) is 0 Å². The third kappa shape index (κ3) is 2.90. The van der Waals surface area contributed by atoms with Crippen molar-refractivity contribution in [1.82, 2.24) is 15.5 Å². The van der Waals surface area contributed by atoms with Gasteiger partial charge in [-0.05, 0) is 25.0 Å². The molecule has 0 spiro atoms. The topological polar surface area (TPSA) is 64.1 Å². The summed E-state index contributed by atoms with van der Waals surface area (Å²) < 4.78 is 5.39. The number of carbonyl (C=O) groups excluding carboxylic acids is 1. The van der Waals surface area contributed by atoms with Crippen LogP contribution in [0.5, 0.6) is 0 Å². The molecule has 1 aliphatic rings. The van der Waals surface area contributed by atoms with Crippen LogP contribution in [0.3, 0.4) is 0 Å². The van der Waals surface area contributed by atoms with E-state index < -0.39 is 0 Å². The van der Waals surface area contributed by atoms with Crippen LogP contribution in [0, 0.1) is 0 Å². The van der Waals surface area contributed by atoms with Crippen LogP contribution in [-0.2, 0) is 4.74 Å². The van der Waals surface area contributed by atoms with Gasteiger partial charge in [0.2, 0.25) is 0 Å². The highest BCUT2D eigenvalue weighted by Crippen LogP contribution is 2.10. The van der Waals surface area contributed by atoms with Crippen LogP contribution in [0.4, 0.5) is 0 Å².